The molecule has 2 atom stereocenters. The lowest BCUT2D eigenvalue weighted by molar-refractivity contribution is -0.139. The van der Waals surface area contributed by atoms with Gasteiger partial charge in [-0.05, 0) is 38.5 Å². The van der Waals surface area contributed by atoms with Crippen LogP contribution in [0.25, 0.3) is 0 Å². The average molecular weight is 401 g/mol. The highest BCUT2D eigenvalue weighted by atomic mass is 32.2. The second-order valence-electron chi connectivity index (χ2n) is 7.15. The molecule has 1 saturated heterocycles. The summed E-state index contributed by atoms with van der Waals surface area (Å²) in [5, 5.41) is -0.484. The molecular weight excluding hydrogens is 372 g/mol. The Morgan fingerprint density at radius 2 is 1.92 bits per heavy atom. The van der Waals surface area contributed by atoms with Crippen LogP contribution < -0.4 is 4.72 Å². The first-order valence-electron chi connectivity index (χ1n) is 9.26. The number of rotatable bonds is 9. The van der Waals surface area contributed by atoms with Crippen molar-refractivity contribution in [1.29, 1.82) is 0 Å². The van der Waals surface area contributed by atoms with Gasteiger partial charge in [0.05, 0.1) is 6.04 Å². The van der Waals surface area contributed by atoms with Crippen LogP contribution in [0.3, 0.4) is 0 Å². The zero-order valence-electron chi connectivity index (χ0n) is 15.4. The molecule has 1 aliphatic carbocycles. The Labute approximate surface area is 164 Å². The first-order valence-corrected chi connectivity index (χ1v) is 10.8. The molecule has 0 spiro atoms. The molecule has 1 saturated carbocycles. The standard InChI is InChI=1S/C18H28N2O4S2/c1-3-15(22)13-6-4-12(5-7-13)9-20-17(23)8-16(18(20)24)26-19-14(10-25)11(2)21/h12-14,16,19,25H,3-10H2,1-2H3/t12?,13?,14-,16?/m0/s1. The van der Waals surface area contributed by atoms with Crippen molar-refractivity contribution < 1.29 is 19.2 Å². The van der Waals surface area contributed by atoms with Crippen LogP contribution in [-0.4, -0.2) is 51.9 Å². The summed E-state index contributed by atoms with van der Waals surface area (Å²) in [5.74, 6) is 0.733. The van der Waals surface area contributed by atoms with Crippen molar-refractivity contribution in [1.82, 2.24) is 9.62 Å². The van der Waals surface area contributed by atoms with Gasteiger partial charge in [-0.25, -0.2) is 0 Å². The van der Waals surface area contributed by atoms with Gasteiger partial charge in [0.2, 0.25) is 11.8 Å². The Morgan fingerprint density at radius 1 is 1.27 bits per heavy atom. The molecule has 1 unspecified atom stereocenters. The maximum Gasteiger partial charge on any atom is 0.244 e. The molecule has 2 aliphatic rings. The van der Waals surface area contributed by atoms with E-state index in [-0.39, 0.29) is 35.9 Å². The highest BCUT2D eigenvalue weighted by Crippen LogP contribution is 2.32. The Bertz CT molecular complexity index is 561. The van der Waals surface area contributed by atoms with E-state index in [9.17, 15) is 19.2 Å². The van der Waals surface area contributed by atoms with Gasteiger partial charge in [-0.3, -0.25) is 28.8 Å². The van der Waals surface area contributed by atoms with Crippen molar-refractivity contribution in [3.63, 3.8) is 0 Å². The fourth-order valence-electron chi connectivity index (χ4n) is 3.56. The van der Waals surface area contributed by atoms with Crippen LogP contribution in [0.5, 0.6) is 0 Å². The summed E-state index contributed by atoms with van der Waals surface area (Å²) in [4.78, 5) is 49.4. The molecule has 8 heteroatoms. The highest BCUT2D eigenvalue weighted by molar-refractivity contribution is 7.98. The zero-order valence-corrected chi connectivity index (χ0v) is 17.1. The van der Waals surface area contributed by atoms with Crippen molar-refractivity contribution in [3.8, 4) is 0 Å². The van der Waals surface area contributed by atoms with Gasteiger partial charge in [0, 0.05) is 31.1 Å². The van der Waals surface area contributed by atoms with E-state index in [1.807, 2.05) is 6.92 Å². The normalized spacial score (nSPS) is 27.7. The summed E-state index contributed by atoms with van der Waals surface area (Å²) in [5.41, 5.74) is 0. The molecule has 1 aliphatic heterocycles. The van der Waals surface area contributed by atoms with Gasteiger partial charge >= 0.3 is 0 Å². The lowest BCUT2D eigenvalue weighted by Crippen LogP contribution is -2.39. The van der Waals surface area contributed by atoms with Crippen molar-refractivity contribution in [2.75, 3.05) is 12.3 Å². The van der Waals surface area contributed by atoms with E-state index in [4.69, 9.17) is 0 Å². The summed E-state index contributed by atoms with van der Waals surface area (Å²) in [7, 11) is 0. The molecule has 26 heavy (non-hydrogen) atoms. The quantitative estimate of drug-likeness (QED) is 0.350. The van der Waals surface area contributed by atoms with Crippen LogP contribution in [-0.2, 0) is 19.2 Å². The van der Waals surface area contributed by atoms with E-state index in [1.54, 1.807) is 0 Å². The Kier molecular flexibility index (Phi) is 8.16. The van der Waals surface area contributed by atoms with Gasteiger partial charge in [-0.15, -0.1) is 0 Å². The summed E-state index contributed by atoms with van der Waals surface area (Å²) in [6, 6.07) is -0.424. The van der Waals surface area contributed by atoms with E-state index in [2.05, 4.69) is 17.4 Å². The fraction of sp³-hybridized carbons (Fsp3) is 0.778. The SMILES string of the molecule is CCC(=O)C1CCC(CN2C(=O)CC(SN[C@@H](CS)C(C)=O)C2=O)CC1. The van der Waals surface area contributed by atoms with Crippen LogP contribution in [0, 0.1) is 11.8 Å². The number of likely N-dealkylation sites (tertiary alicyclic amines) is 1. The van der Waals surface area contributed by atoms with Gasteiger partial charge in [-0.1, -0.05) is 18.9 Å². The third-order valence-electron chi connectivity index (χ3n) is 5.32. The lowest BCUT2D eigenvalue weighted by Gasteiger charge is -2.30. The van der Waals surface area contributed by atoms with Crippen molar-refractivity contribution in [2.24, 2.45) is 11.8 Å². The van der Waals surface area contributed by atoms with Crippen LogP contribution in [0.2, 0.25) is 0 Å². The number of Topliss-reactive ketones (excluding diaryl/α,β-unsaturated/α-hetero) is 2. The maximum atomic E-state index is 12.6. The molecule has 2 rings (SSSR count). The summed E-state index contributed by atoms with van der Waals surface area (Å²) in [6.07, 6.45) is 4.23. The second kappa shape index (κ2) is 9.90. The molecule has 2 amide bonds. The minimum atomic E-state index is -0.484. The maximum absolute atomic E-state index is 12.6. The highest BCUT2D eigenvalue weighted by Gasteiger charge is 2.41. The summed E-state index contributed by atoms with van der Waals surface area (Å²) < 4.78 is 2.96. The molecule has 6 nitrogen and oxygen atoms in total. The topological polar surface area (TPSA) is 83.6 Å². The monoisotopic (exact) mass is 400 g/mol. The van der Waals surface area contributed by atoms with Gasteiger partial charge < -0.3 is 0 Å². The largest absolute Gasteiger partial charge is 0.299 e. The number of nitrogens with zero attached hydrogens (tertiary/aromatic N) is 1. The number of carbonyl (C=O) groups excluding carboxylic acids is 4. The Morgan fingerprint density at radius 3 is 2.46 bits per heavy atom. The number of hydrogen-bond acceptors (Lipinski definition) is 7. The minimum absolute atomic E-state index is 0.0421. The molecule has 0 aromatic heterocycles. The van der Waals surface area contributed by atoms with Crippen LogP contribution in [0.15, 0.2) is 0 Å². The predicted octanol–water partition coefficient (Wildman–Crippen LogP) is 2.02. The molecule has 0 bridgehead atoms. The molecular formula is C18H28N2O4S2. The first kappa shape index (κ1) is 21.4. The number of thiol groups is 1. The number of carbonyl (C=O) groups is 4. The van der Waals surface area contributed by atoms with Gasteiger partial charge in [0.1, 0.15) is 16.8 Å². The Balaban J connectivity index is 1.83. The van der Waals surface area contributed by atoms with E-state index < -0.39 is 11.3 Å². The Hall–Kier alpha value is -0.860. The van der Waals surface area contributed by atoms with Crippen LogP contribution in [0.4, 0.5) is 0 Å². The smallest absolute Gasteiger partial charge is 0.244 e. The van der Waals surface area contributed by atoms with E-state index in [0.717, 1.165) is 37.6 Å². The molecule has 146 valence electrons. The number of amides is 2. The summed E-state index contributed by atoms with van der Waals surface area (Å²) in [6.45, 7) is 3.82. The zero-order chi connectivity index (χ0) is 19.3. The third kappa shape index (κ3) is 5.33. The van der Waals surface area contributed by atoms with E-state index in [0.29, 0.717) is 24.5 Å². The number of ketones is 2. The van der Waals surface area contributed by atoms with Gasteiger partial charge in [-0.2, -0.15) is 12.6 Å². The van der Waals surface area contributed by atoms with Crippen LogP contribution >= 0.6 is 24.6 Å². The fourth-order valence-corrected chi connectivity index (χ4v) is 5.07. The summed E-state index contributed by atoms with van der Waals surface area (Å²) >= 11 is 5.28. The number of hydrogen-bond donors (Lipinski definition) is 2. The lowest BCUT2D eigenvalue weighted by atomic mass is 9.79. The minimum Gasteiger partial charge on any atom is -0.299 e. The third-order valence-corrected chi connectivity index (χ3v) is 6.76. The number of nitrogens with one attached hydrogen (secondary N) is 1. The van der Waals surface area contributed by atoms with E-state index >= 15 is 0 Å². The number of imide groups is 1. The molecule has 1 heterocycles. The molecule has 0 radical (unpaired) electrons. The molecule has 2 fully saturated rings. The first-order chi connectivity index (χ1) is 12.4. The molecule has 0 aromatic carbocycles. The molecule has 0 aromatic rings. The van der Waals surface area contributed by atoms with Gasteiger partial charge in [0.25, 0.3) is 0 Å². The van der Waals surface area contributed by atoms with E-state index in [1.165, 1.54) is 11.8 Å². The van der Waals surface area contributed by atoms with Crippen molar-refractivity contribution >= 4 is 48.0 Å². The second-order valence-corrected chi connectivity index (χ2v) is 8.56. The average Bonchev–Trinajstić information content (AvgIpc) is 2.89. The van der Waals surface area contributed by atoms with Gasteiger partial charge in [0.15, 0.2) is 0 Å². The van der Waals surface area contributed by atoms with Crippen molar-refractivity contribution in [3.05, 3.63) is 0 Å². The predicted molar refractivity (Wildman–Crippen MR) is 105 cm³/mol. The molecule has 1 N–H and O–H groups in total. The van der Waals surface area contributed by atoms with Crippen molar-refractivity contribution in [2.45, 2.75) is 63.7 Å². The van der Waals surface area contributed by atoms with Crippen LogP contribution in [0.1, 0.15) is 52.4 Å².